The SMILES string of the molecule is Cc1cc(-c2cccc3ccccc23)nc(C(=O)O)n1. The topological polar surface area (TPSA) is 63.1 Å². The Labute approximate surface area is 115 Å². The molecule has 0 aliphatic heterocycles. The fraction of sp³-hybridized carbons (Fsp3) is 0.0625. The number of carbonyl (C=O) groups is 1. The number of hydrogen-bond donors (Lipinski definition) is 1. The van der Waals surface area contributed by atoms with Crippen molar-refractivity contribution in [3.05, 3.63) is 60.0 Å². The first-order valence-electron chi connectivity index (χ1n) is 6.22. The lowest BCUT2D eigenvalue weighted by Crippen LogP contribution is -2.06. The van der Waals surface area contributed by atoms with E-state index >= 15 is 0 Å². The molecule has 0 spiro atoms. The van der Waals surface area contributed by atoms with Gasteiger partial charge in [-0.2, -0.15) is 0 Å². The summed E-state index contributed by atoms with van der Waals surface area (Å²) in [5, 5.41) is 11.2. The van der Waals surface area contributed by atoms with Gasteiger partial charge in [-0.25, -0.2) is 14.8 Å². The maximum Gasteiger partial charge on any atom is 0.373 e. The second-order valence-electron chi connectivity index (χ2n) is 4.55. The first-order valence-corrected chi connectivity index (χ1v) is 6.22. The number of rotatable bonds is 2. The summed E-state index contributed by atoms with van der Waals surface area (Å²) in [5.41, 5.74) is 2.18. The summed E-state index contributed by atoms with van der Waals surface area (Å²) in [6, 6.07) is 15.6. The van der Waals surface area contributed by atoms with Crippen LogP contribution in [0.1, 0.15) is 16.3 Å². The predicted octanol–water partition coefficient (Wildman–Crippen LogP) is 3.30. The Morgan fingerprint density at radius 1 is 1.05 bits per heavy atom. The van der Waals surface area contributed by atoms with Crippen LogP contribution in [0.3, 0.4) is 0 Å². The van der Waals surface area contributed by atoms with Gasteiger partial charge in [0.1, 0.15) is 0 Å². The van der Waals surface area contributed by atoms with Crippen LogP contribution >= 0.6 is 0 Å². The van der Waals surface area contributed by atoms with Crippen LogP contribution in [0.5, 0.6) is 0 Å². The van der Waals surface area contributed by atoms with Gasteiger partial charge in [0.25, 0.3) is 0 Å². The van der Waals surface area contributed by atoms with Gasteiger partial charge in [-0.3, -0.25) is 0 Å². The van der Waals surface area contributed by atoms with Crippen molar-refractivity contribution in [1.82, 2.24) is 9.97 Å². The number of aryl methyl sites for hydroxylation is 1. The van der Waals surface area contributed by atoms with Crippen LogP contribution < -0.4 is 0 Å². The number of hydrogen-bond acceptors (Lipinski definition) is 3. The van der Waals surface area contributed by atoms with E-state index < -0.39 is 5.97 Å². The highest BCUT2D eigenvalue weighted by atomic mass is 16.4. The van der Waals surface area contributed by atoms with Crippen molar-refractivity contribution < 1.29 is 9.90 Å². The monoisotopic (exact) mass is 264 g/mol. The first-order chi connectivity index (χ1) is 9.65. The number of aromatic nitrogens is 2. The molecule has 4 nitrogen and oxygen atoms in total. The van der Waals surface area contributed by atoms with E-state index in [-0.39, 0.29) is 5.82 Å². The lowest BCUT2D eigenvalue weighted by Gasteiger charge is -2.07. The normalized spacial score (nSPS) is 10.7. The smallest absolute Gasteiger partial charge is 0.373 e. The van der Waals surface area contributed by atoms with Crippen molar-refractivity contribution in [1.29, 1.82) is 0 Å². The predicted molar refractivity (Wildman–Crippen MR) is 76.7 cm³/mol. The summed E-state index contributed by atoms with van der Waals surface area (Å²) in [7, 11) is 0. The molecule has 0 radical (unpaired) electrons. The molecule has 1 heterocycles. The molecular formula is C16H12N2O2. The Morgan fingerprint density at radius 2 is 1.80 bits per heavy atom. The average Bonchev–Trinajstić information content (AvgIpc) is 2.46. The molecule has 0 saturated heterocycles. The lowest BCUT2D eigenvalue weighted by molar-refractivity contribution is 0.0683. The highest BCUT2D eigenvalue weighted by molar-refractivity contribution is 5.96. The van der Waals surface area contributed by atoms with Crippen LogP contribution in [0.15, 0.2) is 48.5 Å². The van der Waals surface area contributed by atoms with Gasteiger partial charge in [-0.15, -0.1) is 0 Å². The summed E-state index contributed by atoms with van der Waals surface area (Å²) in [6.45, 7) is 1.77. The van der Waals surface area contributed by atoms with Gasteiger partial charge >= 0.3 is 5.97 Å². The zero-order valence-electron chi connectivity index (χ0n) is 10.9. The van der Waals surface area contributed by atoms with Crippen molar-refractivity contribution in [2.75, 3.05) is 0 Å². The second-order valence-corrected chi connectivity index (χ2v) is 4.55. The summed E-state index contributed by atoms with van der Waals surface area (Å²) in [5.74, 6) is -1.29. The molecule has 2 aromatic carbocycles. The molecule has 3 rings (SSSR count). The number of carboxylic acid groups (broad SMARTS) is 1. The molecule has 0 aliphatic rings. The Kier molecular flexibility index (Phi) is 2.91. The zero-order valence-corrected chi connectivity index (χ0v) is 10.9. The molecule has 0 saturated carbocycles. The quantitative estimate of drug-likeness (QED) is 0.771. The van der Waals surface area contributed by atoms with E-state index in [1.165, 1.54) is 0 Å². The number of aromatic carboxylic acids is 1. The minimum absolute atomic E-state index is 0.173. The van der Waals surface area contributed by atoms with Crippen LogP contribution in [0.2, 0.25) is 0 Å². The first kappa shape index (κ1) is 12.3. The van der Waals surface area contributed by atoms with E-state index in [0.29, 0.717) is 11.4 Å². The van der Waals surface area contributed by atoms with Crippen LogP contribution in [-0.2, 0) is 0 Å². The molecule has 1 N–H and O–H groups in total. The van der Waals surface area contributed by atoms with Gasteiger partial charge in [0.15, 0.2) is 0 Å². The highest BCUT2D eigenvalue weighted by Gasteiger charge is 2.12. The van der Waals surface area contributed by atoms with Crippen LogP contribution in [0.25, 0.3) is 22.0 Å². The minimum Gasteiger partial charge on any atom is -0.475 e. The number of fused-ring (bicyclic) bond motifs is 1. The largest absolute Gasteiger partial charge is 0.475 e. The Hall–Kier alpha value is -2.75. The Morgan fingerprint density at radius 3 is 2.60 bits per heavy atom. The minimum atomic E-state index is -1.12. The Bertz CT molecular complexity index is 807. The van der Waals surface area contributed by atoms with E-state index in [4.69, 9.17) is 5.11 Å². The van der Waals surface area contributed by atoms with Crippen molar-refractivity contribution in [3.63, 3.8) is 0 Å². The Balaban J connectivity index is 2.28. The molecular weight excluding hydrogens is 252 g/mol. The van der Waals surface area contributed by atoms with Gasteiger partial charge in [-0.05, 0) is 23.8 Å². The van der Waals surface area contributed by atoms with E-state index in [2.05, 4.69) is 9.97 Å². The molecule has 20 heavy (non-hydrogen) atoms. The van der Waals surface area contributed by atoms with Gasteiger partial charge in [-0.1, -0.05) is 42.5 Å². The van der Waals surface area contributed by atoms with E-state index in [9.17, 15) is 4.79 Å². The maximum atomic E-state index is 11.1. The standard InChI is InChI=1S/C16H12N2O2/c1-10-9-14(18-15(17-10)16(19)20)13-8-4-6-11-5-2-3-7-12(11)13/h2-9H,1H3,(H,19,20). The van der Waals surface area contributed by atoms with Gasteiger partial charge < -0.3 is 5.11 Å². The number of carboxylic acids is 1. The summed E-state index contributed by atoms with van der Waals surface area (Å²) in [4.78, 5) is 19.1. The molecule has 1 aromatic heterocycles. The van der Waals surface area contributed by atoms with Crippen LogP contribution in [0, 0.1) is 6.92 Å². The van der Waals surface area contributed by atoms with E-state index in [0.717, 1.165) is 16.3 Å². The molecule has 98 valence electrons. The fourth-order valence-corrected chi connectivity index (χ4v) is 2.25. The van der Waals surface area contributed by atoms with Crippen molar-refractivity contribution in [3.8, 4) is 11.3 Å². The van der Waals surface area contributed by atoms with Crippen LogP contribution in [-0.4, -0.2) is 21.0 Å². The van der Waals surface area contributed by atoms with E-state index in [1.807, 2.05) is 42.5 Å². The summed E-state index contributed by atoms with van der Waals surface area (Å²) < 4.78 is 0. The van der Waals surface area contributed by atoms with Crippen molar-refractivity contribution in [2.24, 2.45) is 0 Å². The molecule has 4 heteroatoms. The van der Waals surface area contributed by atoms with Crippen LogP contribution in [0.4, 0.5) is 0 Å². The third-order valence-electron chi connectivity index (χ3n) is 3.11. The van der Waals surface area contributed by atoms with Crippen molar-refractivity contribution >= 4 is 16.7 Å². The molecule has 0 atom stereocenters. The molecule has 0 bridgehead atoms. The van der Waals surface area contributed by atoms with E-state index in [1.54, 1.807) is 13.0 Å². The fourth-order valence-electron chi connectivity index (χ4n) is 2.25. The summed E-state index contributed by atoms with van der Waals surface area (Å²) >= 11 is 0. The molecule has 3 aromatic rings. The molecule has 0 amide bonds. The second kappa shape index (κ2) is 4.74. The lowest BCUT2D eigenvalue weighted by atomic mass is 10.0. The number of benzene rings is 2. The number of nitrogens with zero attached hydrogens (tertiary/aromatic N) is 2. The van der Waals surface area contributed by atoms with Crippen molar-refractivity contribution in [2.45, 2.75) is 6.92 Å². The molecule has 0 unspecified atom stereocenters. The maximum absolute atomic E-state index is 11.1. The zero-order chi connectivity index (χ0) is 14.1. The summed E-state index contributed by atoms with van der Waals surface area (Å²) in [6.07, 6.45) is 0. The molecule has 0 fully saturated rings. The van der Waals surface area contributed by atoms with Gasteiger partial charge in [0.2, 0.25) is 5.82 Å². The third-order valence-corrected chi connectivity index (χ3v) is 3.11. The molecule has 0 aliphatic carbocycles. The highest BCUT2D eigenvalue weighted by Crippen LogP contribution is 2.27. The van der Waals surface area contributed by atoms with Gasteiger partial charge in [0, 0.05) is 11.3 Å². The third kappa shape index (κ3) is 2.12. The average molecular weight is 264 g/mol. The van der Waals surface area contributed by atoms with Gasteiger partial charge in [0.05, 0.1) is 5.69 Å².